The van der Waals surface area contributed by atoms with Gasteiger partial charge in [0.15, 0.2) is 0 Å². The number of hydrogen-bond donors (Lipinski definition) is 0. The van der Waals surface area contributed by atoms with E-state index in [1.54, 1.807) is 31.3 Å². The monoisotopic (exact) mass is 337 g/mol. The standard InChI is InChI=1S/C20H20FN3O/c1-20(2,3)12-24-18-16(21)9-14(10-17(18)23(4)19(24)25)15-8-6-5-7-13(15)11-22/h5-10H,12H2,1-4H3. The fraction of sp³-hybridized carbons (Fsp3) is 0.300. The van der Waals surface area contributed by atoms with E-state index in [2.05, 4.69) is 6.07 Å². The summed E-state index contributed by atoms with van der Waals surface area (Å²) < 4.78 is 17.9. The molecule has 0 aliphatic rings. The number of rotatable bonds is 2. The average molecular weight is 337 g/mol. The van der Waals surface area contributed by atoms with Crippen LogP contribution in [0.2, 0.25) is 0 Å². The molecular formula is C20H20FN3O. The van der Waals surface area contributed by atoms with Crippen molar-refractivity contribution in [2.45, 2.75) is 27.3 Å². The van der Waals surface area contributed by atoms with Crippen LogP contribution in [0, 0.1) is 22.6 Å². The van der Waals surface area contributed by atoms with Gasteiger partial charge in [-0.1, -0.05) is 39.0 Å². The SMILES string of the molecule is Cn1c(=O)n(CC(C)(C)C)c2c(F)cc(-c3ccccc3C#N)cc21. The number of aromatic nitrogens is 2. The first-order valence-corrected chi connectivity index (χ1v) is 8.11. The highest BCUT2D eigenvalue weighted by atomic mass is 19.1. The van der Waals surface area contributed by atoms with E-state index < -0.39 is 5.82 Å². The van der Waals surface area contributed by atoms with Gasteiger partial charge in [-0.25, -0.2) is 9.18 Å². The maximum absolute atomic E-state index is 14.9. The molecule has 0 aliphatic heterocycles. The first kappa shape index (κ1) is 17.0. The van der Waals surface area contributed by atoms with E-state index >= 15 is 0 Å². The van der Waals surface area contributed by atoms with Crippen LogP contribution in [0.25, 0.3) is 22.2 Å². The number of halogens is 1. The predicted octanol–water partition coefficient (Wildman–Crippen LogP) is 4.06. The summed E-state index contributed by atoms with van der Waals surface area (Å²) >= 11 is 0. The van der Waals surface area contributed by atoms with Gasteiger partial charge >= 0.3 is 5.69 Å². The zero-order chi connectivity index (χ0) is 18.4. The maximum Gasteiger partial charge on any atom is 0.328 e. The number of benzene rings is 2. The van der Waals surface area contributed by atoms with Gasteiger partial charge in [0, 0.05) is 13.6 Å². The molecule has 0 aliphatic carbocycles. The third-order valence-electron chi connectivity index (χ3n) is 4.18. The van der Waals surface area contributed by atoms with E-state index in [1.807, 2.05) is 26.8 Å². The Balaban J connectivity index is 2.31. The Bertz CT molecular complexity index is 1060. The summed E-state index contributed by atoms with van der Waals surface area (Å²) in [6.07, 6.45) is 0. The van der Waals surface area contributed by atoms with Crippen molar-refractivity contribution in [1.29, 1.82) is 5.26 Å². The van der Waals surface area contributed by atoms with E-state index in [-0.39, 0.29) is 11.1 Å². The number of nitriles is 1. The van der Waals surface area contributed by atoms with E-state index in [0.717, 1.165) is 0 Å². The highest BCUT2D eigenvalue weighted by Crippen LogP contribution is 2.29. The van der Waals surface area contributed by atoms with E-state index in [0.29, 0.717) is 34.3 Å². The van der Waals surface area contributed by atoms with Crippen LogP contribution in [0.4, 0.5) is 4.39 Å². The molecule has 0 saturated carbocycles. The highest BCUT2D eigenvalue weighted by molar-refractivity contribution is 5.84. The largest absolute Gasteiger partial charge is 0.328 e. The molecule has 0 bridgehead atoms. The van der Waals surface area contributed by atoms with Gasteiger partial charge in [0.2, 0.25) is 0 Å². The topological polar surface area (TPSA) is 50.7 Å². The molecule has 1 aromatic heterocycles. The van der Waals surface area contributed by atoms with Crippen molar-refractivity contribution < 1.29 is 4.39 Å². The lowest BCUT2D eigenvalue weighted by Crippen LogP contribution is -2.27. The molecule has 0 saturated heterocycles. The number of fused-ring (bicyclic) bond motifs is 1. The molecular weight excluding hydrogens is 317 g/mol. The van der Waals surface area contributed by atoms with Gasteiger partial charge in [-0.05, 0) is 34.7 Å². The lowest BCUT2D eigenvalue weighted by atomic mass is 9.96. The molecule has 0 unspecified atom stereocenters. The second-order valence-corrected chi connectivity index (χ2v) is 7.47. The van der Waals surface area contributed by atoms with Crippen molar-refractivity contribution >= 4 is 11.0 Å². The first-order valence-electron chi connectivity index (χ1n) is 8.11. The molecule has 5 heteroatoms. The Morgan fingerprint density at radius 3 is 2.52 bits per heavy atom. The van der Waals surface area contributed by atoms with Crippen molar-refractivity contribution in [3.05, 3.63) is 58.3 Å². The van der Waals surface area contributed by atoms with Crippen molar-refractivity contribution in [2.24, 2.45) is 12.5 Å². The third kappa shape index (κ3) is 2.96. The summed E-state index contributed by atoms with van der Waals surface area (Å²) in [6.45, 7) is 6.45. The zero-order valence-electron chi connectivity index (χ0n) is 14.8. The van der Waals surface area contributed by atoms with Crippen LogP contribution in [0.1, 0.15) is 26.3 Å². The van der Waals surface area contributed by atoms with Gasteiger partial charge in [-0.3, -0.25) is 9.13 Å². The smallest absolute Gasteiger partial charge is 0.295 e. The van der Waals surface area contributed by atoms with Crippen molar-refractivity contribution in [1.82, 2.24) is 9.13 Å². The Hall–Kier alpha value is -2.87. The van der Waals surface area contributed by atoms with Crippen LogP contribution < -0.4 is 5.69 Å². The van der Waals surface area contributed by atoms with Crippen molar-refractivity contribution in [3.8, 4) is 17.2 Å². The minimum absolute atomic E-state index is 0.156. The molecule has 0 atom stereocenters. The molecule has 0 fully saturated rings. The van der Waals surface area contributed by atoms with E-state index in [1.165, 1.54) is 15.2 Å². The Labute approximate surface area is 145 Å². The lowest BCUT2D eigenvalue weighted by molar-refractivity contribution is 0.341. The summed E-state index contributed by atoms with van der Waals surface area (Å²) in [5.74, 6) is -0.456. The summed E-state index contributed by atoms with van der Waals surface area (Å²) in [6, 6.07) is 12.4. The van der Waals surface area contributed by atoms with Gasteiger partial charge in [-0.2, -0.15) is 5.26 Å². The third-order valence-corrected chi connectivity index (χ3v) is 4.18. The quantitative estimate of drug-likeness (QED) is 0.708. The Morgan fingerprint density at radius 2 is 1.88 bits per heavy atom. The van der Waals surface area contributed by atoms with Crippen LogP contribution in [0.5, 0.6) is 0 Å². The Kier molecular flexibility index (Phi) is 4.00. The number of aryl methyl sites for hydroxylation is 1. The van der Waals surface area contributed by atoms with Gasteiger partial charge in [-0.15, -0.1) is 0 Å². The molecule has 1 heterocycles. The summed E-state index contributed by atoms with van der Waals surface area (Å²) in [4.78, 5) is 12.6. The Morgan fingerprint density at radius 1 is 1.20 bits per heavy atom. The molecule has 128 valence electrons. The van der Waals surface area contributed by atoms with E-state index in [4.69, 9.17) is 0 Å². The van der Waals surface area contributed by atoms with Crippen LogP contribution in [-0.4, -0.2) is 9.13 Å². The zero-order valence-corrected chi connectivity index (χ0v) is 14.8. The summed E-state index contributed by atoms with van der Waals surface area (Å²) in [5.41, 5.74) is 2.15. The fourth-order valence-corrected chi connectivity index (χ4v) is 3.10. The lowest BCUT2D eigenvalue weighted by Gasteiger charge is -2.18. The molecule has 0 amide bonds. The molecule has 0 spiro atoms. The summed E-state index contributed by atoms with van der Waals surface area (Å²) in [7, 11) is 1.64. The highest BCUT2D eigenvalue weighted by Gasteiger charge is 2.21. The normalized spacial score (nSPS) is 11.7. The second-order valence-electron chi connectivity index (χ2n) is 7.47. The minimum atomic E-state index is -0.456. The molecule has 0 N–H and O–H groups in total. The van der Waals surface area contributed by atoms with Crippen LogP contribution in [0.15, 0.2) is 41.2 Å². The van der Waals surface area contributed by atoms with Crippen LogP contribution in [-0.2, 0) is 13.6 Å². The second kappa shape index (κ2) is 5.89. The molecule has 2 aromatic carbocycles. The summed E-state index contributed by atoms with van der Waals surface area (Å²) in [5, 5.41) is 9.29. The number of hydrogen-bond acceptors (Lipinski definition) is 2. The first-order chi connectivity index (χ1) is 11.7. The van der Waals surface area contributed by atoms with E-state index in [9.17, 15) is 14.4 Å². The van der Waals surface area contributed by atoms with Gasteiger partial charge < -0.3 is 0 Å². The van der Waals surface area contributed by atoms with Crippen LogP contribution >= 0.6 is 0 Å². The maximum atomic E-state index is 14.9. The number of imidazole rings is 1. The molecule has 25 heavy (non-hydrogen) atoms. The molecule has 0 radical (unpaired) electrons. The fourth-order valence-electron chi connectivity index (χ4n) is 3.10. The van der Waals surface area contributed by atoms with Gasteiger partial charge in [0.05, 0.1) is 17.1 Å². The molecule has 3 rings (SSSR count). The van der Waals surface area contributed by atoms with Crippen molar-refractivity contribution in [3.63, 3.8) is 0 Å². The van der Waals surface area contributed by atoms with Gasteiger partial charge in [0.25, 0.3) is 0 Å². The number of nitrogens with zero attached hydrogens (tertiary/aromatic N) is 3. The van der Waals surface area contributed by atoms with Gasteiger partial charge in [0.1, 0.15) is 11.3 Å². The minimum Gasteiger partial charge on any atom is -0.295 e. The van der Waals surface area contributed by atoms with Crippen LogP contribution in [0.3, 0.4) is 0 Å². The average Bonchev–Trinajstić information content (AvgIpc) is 2.79. The predicted molar refractivity (Wildman–Crippen MR) is 96.7 cm³/mol. The van der Waals surface area contributed by atoms with Crippen molar-refractivity contribution in [2.75, 3.05) is 0 Å². The molecule has 3 aromatic rings. The molecule has 4 nitrogen and oxygen atoms in total.